The second-order valence-electron chi connectivity index (χ2n) is 9.34. The summed E-state index contributed by atoms with van der Waals surface area (Å²) in [5.74, 6) is -1.13. The van der Waals surface area contributed by atoms with E-state index in [1.165, 1.54) is 25.4 Å². The Morgan fingerprint density at radius 1 is 1.03 bits per heavy atom. The quantitative estimate of drug-likeness (QED) is 0.381. The SMILES string of the molecule is COC(=O)C1(C(=O)OC)CC[C@@]23O[C@@H](C(COCc4ccccc4)=C[C@H]2C1)C1=C3CCC1. The van der Waals surface area contributed by atoms with Crippen LogP contribution in [0.1, 0.15) is 44.1 Å². The van der Waals surface area contributed by atoms with E-state index >= 15 is 0 Å². The van der Waals surface area contributed by atoms with Gasteiger partial charge in [-0.1, -0.05) is 36.4 Å². The molecule has 0 radical (unpaired) electrons. The first-order valence-electron chi connectivity index (χ1n) is 11.4. The lowest BCUT2D eigenvalue weighted by atomic mass is 9.60. The minimum absolute atomic E-state index is 0.0386. The summed E-state index contributed by atoms with van der Waals surface area (Å²) in [6, 6.07) is 10.1. The maximum absolute atomic E-state index is 12.8. The van der Waals surface area contributed by atoms with Gasteiger partial charge in [-0.05, 0) is 60.8 Å². The molecule has 6 nitrogen and oxygen atoms in total. The number of fused-ring (bicyclic) bond motifs is 2. The van der Waals surface area contributed by atoms with Crippen LogP contribution in [0.2, 0.25) is 0 Å². The van der Waals surface area contributed by atoms with Gasteiger partial charge in [-0.2, -0.15) is 0 Å². The van der Waals surface area contributed by atoms with Crippen LogP contribution in [0, 0.1) is 11.3 Å². The minimum atomic E-state index is -1.29. The lowest BCUT2D eigenvalue weighted by Crippen LogP contribution is -2.55. The van der Waals surface area contributed by atoms with Crippen LogP contribution >= 0.6 is 0 Å². The summed E-state index contributed by atoms with van der Waals surface area (Å²) in [5, 5.41) is 0. The van der Waals surface area contributed by atoms with Crippen molar-refractivity contribution in [3.05, 3.63) is 58.7 Å². The largest absolute Gasteiger partial charge is 0.468 e. The van der Waals surface area contributed by atoms with Crippen molar-refractivity contribution >= 4 is 11.9 Å². The molecule has 1 spiro atoms. The van der Waals surface area contributed by atoms with Gasteiger partial charge in [0.15, 0.2) is 5.41 Å². The smallest absolute Gasteiger partial charge is 0.323 e. The molecule has 1 saturated carbocycles. The van der Waals surface area contributed by atoms with Crippen LogP contribution in [0.3, 0.4) is 0 Å². The molecular formula is C26H30O6. The Labute approximate surface area is 188 Å². The summed E-state index contributed by atoms with van der Waals surface area (Å²) in [7, 11) is 2.66. The molecule has 0 N–H and O–H groups in total. The van der Waals surface area contributed by atoms with Gasteiger partial charge >= 0.3 is 11.9 Å². The fraction of sp³-hybridized carbons (Fsp3) is 0.538. The molecule has 3 atom stereocenters. The average Bonchev–Trinajstić information content (AvgIpc) is 3.41. The first-order valence-corrected chi connectivity index (χ1v) is 11.4. The monoisotopic (exact) mass is 438 g/mol. The minimum Gasteiger partial charge on any atom is -0.468 e. The Kier molecular flexibility index (Phi) is 5.46. The van der Waals surface area contributed by atoms with Crippen molar-refractivity contribution in [2.75, 3.05) is 20.8 Å². The van der Waals surface area contributed by atoms with Crippen molar-refractivity contribution in [2.24, 2.45) is 11.3 Å². The summed E-state index contributed by atoms with van der Waals surface area (Å²) in [5.41, 5.74) is 3.31. The lowest BCUT2D eigenvalue weighted by Gasteiger charge is -2.49. The van der Waals surface area contributed by atoms with Crippen molar-refractivity contribution in [3.63, 3.8) is 0 Å². The number of ether oxygens (including phenoxy) is 4. The average molecular weight is 439 g/mol. The third kappa shape index (κ3) is 3.15. The number of esters is 2. The number of rotatable bonds is 6. The zero-order valence-electron chi connectivity index (χ0n) is 18.7. The van der Waals surface area contributed by atoms with Gasteiger partial charge in [0, 0.05) is 5.92 Å². The second kappa shape index (κ2) is 8.16. The molecule has 6 heteroatoms. The fourth-order valence-electron chi connectivity index (χ4n) is 6.31. The predicted molar refractivity (Wildman–Crippen MR) is 116 cm³/mol. The van der Waals surface area contributed by atoms with E-state index in [4.69, 9.17) is 18.9 Å². The van der Waals surface area contributed by atoms with Crippen LogP contribution in [-0.4, -0.2) is 44.5 Å². The molecule has 1 aromatic rings. The van der Waals surface area contributed by atoms with Crippen molar-refractivity contribution in [2.45, 2.75) is 56.8 Å². The van der Waals surface area contributed by atoms with Crippen LogP contribution in [0.15, 0.2) is 53.1 Å². The van der Waals surface area contributed by atoms with Gasteiger partial charge in [-0.25, -0.2) is 0 Å². The van der Waals surface area contributed by atoms with Crippen LogP contribution in [0.5, 0.6) is 0 Å². The highest BCUT2D eigenvalue weighted by Crippen LogP contribution is 2.61. The Bertz CT molecular complexity index is 961. The number of carbonyl (C=O) groups excluding carboxylic acids is 2. The van der Waals surface area contributed by atoms with Gasteiger partial charge in [0.1, 0.15) is 6.10 Å². The highest BCUT2D eigenvalue weighted by atomic mass is 16.5. The van der Waals surface area contributed by atoms with Gasteiger partial charge in [-0.3, -0.25) is 9.59 Å². The van der Waals surface area contributed by atoms with E-state index in [-0.39, 0.29) is 12.0 Å². The first kappa shape index (κ1) is 21.4. The van der Waals surface area contributed by atoms with Crippen LogP contribution in [0.25, 0.3) is 0 Å². The second-order valence-corrected chi connectivity index (χ2v) is 9.34. The van der Waals surface area contributed by atoms with Crippen molar-refractivity contribution in [3.8, 4) is 0 Å². The van der Waals surface area contributed by atoms with Gasteiger partial charge in [0.05, 0.1) is 33.0 Å². The van der Waals surface area contributed by atoms with Gasteiger partial charge in [0.2, 0.25) is 0 Å². The van der Waals surface area contributed by atoms with E-state index in [1.54, 1.807) is 0 Å². The number of benzene rings is 1. The Hall–Kier alpha value is -2.44. The van der Waals surface area contributed by atoms with E-state index < -0.39 is 23.0 Å². The molecular weight excluding hydrogens is 408 g/mol. The Balaban J connectivity index is 1.44. The number of carbonyl (C=O) groups is 2. The molecule has 1 fully saturated rings. The zero-order valence-corrected chi connectivity index (χ0v) is 18.7. The lowest BCUT2D eigenvalue weighted by molar-refractivity contribution is -0.180. The maximum atomic E-state index is 12.8. The number of methoxy groups -OCH3 is 2. The highest BCUT2D eigenvalue weighted by Gasteiger charge is 2.63. The third-order valence-electron chi connectivity index (χ3n) is 7.79. The molecule has 1 aromatic carbocycles. The van der Waals surface area contributed by atoms with Crippen molar-refractivity contribution < 1.29 is 28.5 Å². The van der Waals surface area contributed by atoms with Crippen LogP contribution in [-0.2, 0) is 35.1 Å². The summed E-state index contributed by atoms with van der Waals surface area (Å²) >= 11 is 0. The van der Waals surface area contributed by atoms with Crippen molar-refractivity contribution in [1.29, 1.82) is 0 Å². The summed E-state index contributed by atoms with van der Waals surface area (Å²) in [6.07, 6.45) is 6.71. The molecule has 32 heavy (non-hydrogen) atoms. The van der Waals surface area contributed by atoms with E-state index in [9.17, 15) is 9.59 Å². The highest BCUT2D eigenvalue weighted by molar-refractivity contribution is 6.00. The van der Waals surface area contributed by atoms with E-state index in [1.807, 2.05) is 30.3 Å². The van der Waals surface area contributed by atoms with Gasteiger partial charge in [0.25, 0.3) is 0 Å². The normalized spacial score (nSPS) is 29.8. The predicted octanol–water partition coefficient (Wildman–Crippen LogP) is 3.89. The summed E-state index contributed by atoms with van der Waals surface area (Å²) in [4.78, 5) is 25.6. The summed E-state index contributed by atoms with van der Waals surface area (Å²) < 4.78 is 23.0. The van der Waals surface area contributed by atoms with Crippen LogP contribution < -0.4 is 0 Å². The molecule has 4 aliphatic rings. The van der Waals surface area contributed by atoms with E-state index in [0.29, 0.717) is 32.5 Å². The molecule has 2 bridgehead atoms. The van der Waals surface area contributed by atoms with Crippen LogP contribution in [0.4, 0.5) is 0 Å². The van der Waals surface area contributed by atoms with Gasteiger partial charge < -0.3 is 18.9 Å². The van der Waals surface area contributed by atoms with E-state index in [2.05, 4.69) is 6.08 Å². The molecule has 5 rings (SSSR count). The zero-order chi connectivity index (χ0) is 22.3. The van der Waals surface area contributed by atoms with Gasteiger partial charge in [-0.15, -0.1) is 0 Å². The number of hydrogen-bond acceptors (Lipinski definition) is 6. The molecule has 170 valence electrons. The Morgan fingerprint density at radius 3 is 2.50 bits per heavy atom. The molecule has 2 aliphatic heterocycles. The van der Waals surface area contributed by atoms with Crippen molar-refractivity contribution in [1.82, 2.24) is 0 Å². The molecule has 0 saturated heterocycles. The van der Waals surface area contributed by atoms with E-state index in [0.717, 1.165) is 30.4 Å². The first-order chi connectivity index (χ1) is 15.5. The summed E-state index contributed by atoms with van der Waals surface area (Å²) in [6.45, 7) is 0.993. The molecule has 2 heterocycles. The molecule has 0 aromatic heterocycles. The molecule has 2 aliphatic carbocycles. The Morgan fingerprint density at radius 2 is 1.78 bits per heavy atom. The number of hydrogen-bond donors (Lipinski definition) is 0. The molecule has 0 unspecified atom stereocenters. The third-order valence-corrected chi connectivity index (χ3v) is 7.79. The topological polar surface area (TPSA) is 71.1 Å². The molecule has 0 amide bonds. The fourth-order valence-corrected chi connectivity index (χ4v) is 6.31. The maximum Gasteiger partial charge on any atom is 0.323 e. The standard InChI is InChI=1S/C26H30O6/c1-29-23(27)25(24(28)30-2)11-12-26-19(14-25)13-18(16-31-15-17-7-4-3-5-8-17)22(32-26)20-9-6-10-21(20)26/h3-5,7-8,13,19,22H,6,9-12,14-16H2,1-2H3/t19-,22-,26+/m0/s1.